The van der Waals surface area contributed by atoms with E-state index in [9.17, 15) is 9.59 Å². The Kier molecular flexibility index (Phi) is 4.25. The number of halogens is 2. The van der Waals surface area contributed by atoms with Crippen LogP contribution in [0.5, 0.6) is 0 Å². The molecule has 1 atom stereocenters. The van der Waals surface area contributed by atoms with Gasteiger partial charge >= 0.3 is 5.97 Å². The Morgan fingerprint density at radius 2 is 2.08 bits per heavy atom. The Morgan fingerprint density at radius 3 is 2.71 bits per heavy atom. The van der Waals surface area contributed by atoms with Crippen molar-refractivity contribution in [3.63, 3.8) is 0 Å². The third-order valence-electron chi connectivity index (χ3n) is 3.54. The number of nitrogens with zero attached hydrogens (tertiary/aromatic N) is 4. The van der Waals surface area contributed by atoms with Crippen molar-refractivity contribution in [2.24, 2.45) is 0 Å². The van der Waals surface area contributed by atoms with Gasteiger partial charge in [-0.3, -0.25) is 4.79 Å². The van der Waals surface area contributed by atoms with E-state index in [0.29, 0.717) is 15.6 Å². The van der Waals surface area contributed by atoms with E-state index in [4.69, 9.17) is 27.9 Å². The van der Waals surface area contributed by atoms with Crippen LogP contribution in [0, 0.1) is 0 Å². The Hall–Kier alpha value is -2.45. The first-order valence-electron chi connectivity index (χ1n) is 6.77. The van der Waals surface area contributed by atoms with Gasteiger partial charge in [-0.15, -0.1) is 0 Å². The van der Waals surface area contributed by atoms with Crippen LogP contribution in [0.2, 0.25) is 10.0 Å². The normalized spacial score (nSPS) is 16.4. The largest absolute Gasteiger partial charge is 0.464 e. The molecule has 2 heterocycles. The second-order valence-electron chi connectivity index (χ2n) is 4.98. The number of hydrogen-bond donors (Lipinski definition) is 1. The topological polar surface area (TPSA) is 99.0 Å². The molecule has 124 valence electrons. The van der Waals surface area contributed by atoms with Crippen LogP contribution in [0.4, 0.5) is 5.95 Å². The molecule has 3 rings (SSSR count). The standard InChI is InChI=1S/C14H11Cl2N5O3/c1-6(22)10-11(13(23)24-2)17-14-18-19-20-21(14)12(10)8-4-3-7(15)5-9(8)16/h3-5,12H,1-2H3,(H,17,18,20). The number of hydrogen-bond acceptors (Lipinski definition) is 7. The molecule has 1 N–H and O–H groups in total. The number of fused-ring (bicyclic) bond motifs is 1. The predicted octanol–water partition coefficient (Wildman–Crippen LogP) is 2.01. The maximum atomic E-state index is 12.3. The number of anilines is 1. The van der Waals surface area contributed by atoms with Crippen LogP contribution in [-0.4, -0.2) is 39.1 Å². The molecule has 1 aromatic carbocycles. The minimum absolute atomic E-state index is 0.0247. The van der Waals surface area contributed by atoms with Gasteiger partial charge in [0.1, 0.15) is 11.7 Å². The first kappa shape index (κ1) is 16.4. The lowest BCUT2D eigenvalue weighted by Crippen LogP contribution is -2.32. The third-order valence-corrected chi connectivity index (χ3v) is 4.11. The monoisotopic (exact) mass is 367 g/mol. The molecule has 0 aliphatic carbocycles. The quantitative estimate of drug-likeness (QED) is 0.828. The Bertz CT molecular complexity index is 877. The summed E-state index contributed by atoms with van der Waals surface area (Å²) in [7, 11) is 1.22. The van der Waals surface area contributed by atoms with Gasteiger partial charge < -0.3 is 10.1 Å². The number of tetrazole rings is 1. The van der Waals surface area contributed by atoms with Crippen molar-refractivity contribution < 1.29 is 14.3 Å². The minimum Gasteiger partial charge on any atom is -0.464 e. The lowest BCUT2D eigenvalue weighted by Gasteiger charge is -2.28. The molecule has 0 saturated heterocycles. The van der Waals surface area contributed by atoms with Gasteiger partial charge in [-0.1, -0.05) is 34.4 Å². The first-order chi connectivity index (χ1) is 11.4. The van der Waals surface area contributed by atoms with Gasteiger partial charge in [0, 0.05) is 15.6 Å². The van der Waals surface area contributed by atoms with Crippen LogP contribution in [0.1, 0.15) is 18.5 Å². The SMILES string of the molecule is COC(=O)C1=C(C(C)=O)C(c2ccc(Cl)cc2Cl)n2nnnc2N1. The van der Waals surface area contributed by atoms with Crippen molar-refractivity contribution in [1.82, 2.24) is 20.2 Å². The van der Waals surface area contributed by atoms with Gasteiger partial charge in [-0.2, -0.15) is 4.68 Å². The zero-order valence-electron chi connectivity index (χ0n) is 12.6. The molecular weight excluding hydrogens is 357 g/mol. The van der Waals surface area contributed by atoms with Crippen LogP contribution >= 0.6 is 23.2 Å². The van der Waals surface area contributed by atoms with Crippen LogP contribution < -0.4 is 5.32 Å². The average Bonchev–Trinajstić information content (AvgIpc) is 3.00. The number of Topliss-reactive ketones (excluding diaryl/α,β-unsaturated/α-hetero) is 1. The van der Waals surface area contributed by atoms with E-state index < -0.39 is 12.0 Å². The summed E-state index contributed by atoms with van der Waals surface area (Å²) in [6, 6.07) is 4.04. The molecule has 0 radical (unpaired) electrons. The molecule has 0 amide bonds. The number of ketones is 1. The summed E-state index contributed by atoms with van der Waals surface area (Å²) in [6.45, 7) is 1.34. The molecular formula is C14H11Cl2N5O3. The number of allylic oxidation sites excluding steroid dienone is 1. The van der Waals surface area contributed by atoms with E-state index in [1.807, 2.05) is 0 Å². The lowest BCUT2D eigenvalue weighted by atomic mass is 9.93. The van der Waals surface area contributed by atoms with Crippen LogP contribution in [0.15, 0.2) is 29.5 Å². The maximum absolute atomic E-state index is 12.3. The van der Waals surface area contributed by atoms with Crippen LogP contribution in [-0.2, 0) is 14.3 Å². The molecule has 0 spiro atoms. The summed E-state index contributed by atoms with van der Waals surface area (Å²) in [5.41, 5.74) is 0.650. The van der Waals surface area contributed by atoms with E-state index in [2.05, 4.69) is 20.8 Å². The minimum atomic E-state index is -0.785. The highest BCUT2D eigenvalue weighted by Crippen LogP contribution is 2.38. The molecule has 2 aromatic rings. The number of benzene rings is 1. The van der Waals surface area contributed by atoms with Crippen molar-refractivity contribution in [1.29, 1.82) is 0 Å². The zero-order valence-corrected chi connectivity index (χ0v) is 14.1. The van der Waals surface area contributed by atoms with E-state index in [0.717, 1.165) is 0 Å². The fourth-order valence-corrected chi connectivity index (χ4v) is 3.04. The highest BCUT2D eigenvalue weighted by molar-refractivity contribution is 6.35. The van der Waals surface area contributed by atoms with Gasteiger partial charge in [0.05, 0.1) is 12.7 Å². The van der Waals surface area contributed by atoms with Crippen molar-refractivity contribution in [2.45, 2.75) is 13.0 Å². The summed E-state index contributed by atoms with van der Waals surface area (Å²) in [4.78, 5) is 24.4. The van der Waals surface area contributed by atoms with E-state index >= 15 is 0 Å². The van der Waals surface area contributed by atoms with Gasteiger partial charge in [-0.05, 0) is 29.5 Å². The van der Waals surface area contributed by atoms with Gasteiger partial charge in [0.15, 0.2) is 5.78 Å². The first-order valence-corrected chi connectivity index (χ1v) is 7.53. The number of aromatic nitrogens is 4. The van der Waals surface area contributed by atoms with Gasteiger partial charge in [-0.25, -0.2) is 4.79 Å². The summed E-state index contributed by atoms with van der Waals surface area (Å²) >= 11 is 12.2. The predicted molar refractivity (Wildman–Crippen MR) is 85.8 cm³/mol. The summed E-state index contributed by atoms with van der Waals surface area (Å²) < 4.78 is 6.13. The number of esters is 1. The highest BCUT2D eigenvalue weighted by atomic mass is 35.5. The van der Waals surface area contributed by atoms with Crippen LogP contribution in [0.25, 0.3) is 0 Å². The fraction of sp³-hybridized carbons (Fsp3) is 0.214. The lowest BCUT2D eigenvalue weighted by molar-refractivity contribution is -0.136. The van der Waals surface area contributed by atoms with E-state index in [-0.39, 0.29) is 23.0 Å². The summed E-state index contributed by atoms with van der Waals surface area (Å²) in [5, 5.41) is 14.8. The number of rotatable bonds is 3. The Morgan fingerprint density at radius 1 is 1.33 bits per heavy atom. The van der Waals surface area contributed by atoms with Crippen molar-refractivity contribution >= 4 is 40.9 Å². The second kappa shape index (κ2) is 6.21. The van der Waals surface area contributed by atoms with Crippen LogP contribution in [0.3, 0.4) is 0 Å². The molecule has 1 aliphatic rings. The van der Waals surface area contributed by atoms with Gasteiger partial charge in [0.2, 0.25) is 5.95 Å². The van der Waals surface area contributed by atoms with E-state index in [1.165, 1.54) is 18.7 Å². The molecule has 1 unspecified atom stereocenters. The molecule has 0 bridgehead atoms. The second-order valence-corrected chi connectivity index (χ2v) is 5.82. The average molecular weight is 368 g/mol. The Labute approximate surface area is 146 Å². The number of carbonyl (C=O) groups is 2. The van der Waals surface area contributed by atoms with Gasteiger partial charge in [0.25, 0.3) is 0 Å². The zero-order chi connectivity index (χ0) is 17.4. The highest BCUT2D eigenvalue weighted by Gasteiger charge is 2.37. The maximum Gasteiger partial charge on any atom is 0.355 e. The van der Waals surface area contributed by atoms with Crippen molar-refractivity contribution in [2.75, 3.05) is 12.4 Å². The number of nitrogens with one attached hydrogen (secondary N) is 1. The smallest absolute Gasteiger partial charge is 0.355 e. The number of methoxy groups -OCH3 is 1. The Balaban J connectivity index is 2.28. The molecule has 0 saturated carbocycles. The van der Waals surface area contributed by atoms with Crippen molar-refractivity contribution in [3.8, 4) is 0 Å². The number of carbonyl (C=O) groups excluding carboxylic acids is 2. The molecule has 1 aliphatic heterocycles. The molecule has 24 heavy (non-hydrogen) atoms. The van der Waals surface area contributed by atoms with Crippen molar-refractivity contribution in [3.05, 3.63) is 45.1 Å². The molecule has 8 nitrogen and oxygen atoms in total. The number of ether oxygens (including phenoxy) is 1. The summed E-state index contributed by atoms with van der Waals surface area (Å²) in [6.07, 6.45) is 0. The molecule has 1 aromatic heterocycles. The summed E-state index contributed by atoms with van der Waals surface area (Å²) in [5.74, 6) is -0.860. The van der Waals surface area contributed by atoms with E-state index in [1.54, 1.807) is 18.2 Å². The fourth-order valence-electron chi connectivity index (χ4n) is 2.53. The third kappa shape index (κ3) is 2.63. The molecule has 10 heteroatoms. The molecule has 0 fully saturated rings.